The van der Waals surface area contributed by atoms with E-state index in [4.69, 9.17) is 23.2 Å². The zero-order valence-corrected chi connectivity index (χ0v) is 17.8. The van der Waals surface area contributed by atoms with Gasteiger partial charge in [-0.1, -0.05) is 44.0 Å². The fourth-order valence-corrected chi connectivity index (χ4v) is 4.56. The van der Waals surface area contributed by atoms with Gasteiger partial charge < -0.3 is 5.32 Å². The van der Waals surface area contributed by atoms with Crippen LogP contribution < -0.4 is 10.6 Å². The van der Waals surface area contributed by atoms with E-state index in [-0.39, 0.29) is 53.0 Å². The van der Waals surface area contributed by atoms with Crippen molar-refractivity contribution >= 4 is 40.9 Å². The maximum atomic E-state index is 14.7. The minimum Gasteiger partial charge on any atom is -0.323 e. The van der Waals surface area contributed by atoms with Crippen LogP contribution in [-0.2, 0) is 9.59 Å². The van der Waals surface area contributed by atoms with Crippen LogP contribution in [0.15, 0.2) is 6.07 Å². The van der Waals surface area contributed by atoms with E-state index in [1.54, 1.807) is 0 Å². The molecular weight excluding hydrogens is 425 g/mol. The van der Waals surface area contributed by atoms with Crippen molar-refractivity contribution in [1.29, 1.82) is 0 Å². The lowest BCUT2D eigenvalue weighted by Crippen LogP contribution is -2.58. The van der Waals surface area contributed by atoms with Crippen LogP contribution in [0.1, 0.15) is 57.9 Å². The second-order valence-electron chi connectivity index (χ2n) is 8.90. The Morgan fingerprint density at radius 3 is 2.41 bits per heavy atom. The average Bonchev–Trinajstić information content (AvgIpc) is 2.87. The van der Waals surface area contributed by atoms with E-state index in [1.165, 1.54) is 0 Å². The first-order valence-corrected chi connectivity index (χ1v) is 10.1. The summed E-state index contributed by atoms with van der Waals surface area (Å²) in [4.78, 5) is 35.8. The number of rotatable bonds is 5. The van der Waals surface area contributed by atoms with Gasteiger partial charge in [-0.05, 0) is 36.7 Å². The van der Waals surface area contributed by atoms with E-state index >= 15 is 0 Å². The Morgan fingerprint density at radius 2 is 1.90 bits per heavy atom. The number of ketones is 1. The first-order chi connectivity index (χ1) is 13.4. The first kappa shape index (κ1) is 22.0. The normalized spacial score (nSPS) is 24.9. The molecule has 9 heteroatoms. The van der Waals surface area contributed by atoms with Gasteiger partial charge in [0.1, 0.15) is 23.0 Å². The number of amides is 3. The number of hydrogen-bond acceptors (Lipinski definition) is 3. The lowest BCUT2D eigenvalue weighted by atomic mass is 9.65. The van der Waals surface area contributed by atoms with Crippen molar-refractivity contribution in [3.8, 4) is 0 Å². The number of halogens is 4. The summed E-state index contributed by atoms with van der Waals surface area (Å²) in [5, 5.41) is 4.20. The van der Waals surface area contributed by atoms with Gasteiger partial charge >= 0.3 is 6.03 Å². The second kappa shape index (κ2) is 7.51. The first-order valence-electron chi connectivity index (χ1n) is 9.35. The van der Waals surface area contributed by atoms with E-state index in [1.807, 2.05) is 20.8 Å². The molecule has 1 aromatic carbocycles. The van der Waals surface area contributed by atoms with E-state index < -0.39 is 40.4 Å². The summed E-state index contributed by atoms with van der Waals surface area (Å²) in [5.41, 5.74) is -1.71. The molecule has 2 aliphatic rings. The molecule has 5 nitrogen and oxygen atoms in total. The number of benzene rings is 1. The molecule has 0 unspecified atom stereocenters. The largest absolute Gasteiger partial charge is 0.323 e. The monoisotopic (exact) mass is 446 g/mol. The number of imide groups is 1. The van der Waals surface area contributed by atoms with Crippen molar-refractivity contribution in [2.75, 3.05) is 0 Å². The fourth-order valence-electron chi connectivity index (χ4n) is 4.23. The number of nitrogens with one attached hydrogen (secondary N) is 2. The molecule has 1 spiro atoms. The number of Topliss-reactive ketones (excluding diaryl/α,β-unsaturated/α-hetero) is 1. The molecule has 2 fully saturated rings. The van der Waals surface area contributed by atoms with Gasteiger partial charge in [0, 0.05) is 17.9 Å². The van der Waals surface area contributed by atoms with Crippen LogP contribution in [0.2, 0.25) is 10.0 Å². The number of carbonyl (C=O) groups excluding carboxylic acids is 3. The Morgan fingerprint density at radius 1 is 1.28 bits per heavy atom. The Balaban J connectivity index is 1.72. The predicted molar refractivity (Wildman–Crippen MR) is 105 cm³/mol. The van der Waals surface area contributed by atoms with Crippen LogP contribution in [0.5, 0.6) is 0 Å². The van der Waals surface area contributed by atoms with Crippen molar-refractivity contribution < 1.29 is 23.2 Å². The highest BCUT2D eigenvalue weighted by molar-refractivity contribution is 6.42. The molecule has 3 rings (SSSR count). The molecule has 158 valence electrons. The van der Waals surface area contributed by atoms with E-state index in [0.717, 1.165) is 6.07 Å². The predicted octanol–water partition coefficient (Wildman–Crippen LogP) is 4.74. The molecule has 1 saturated carbocycles. The third-order valence-corrected chi connectivity index (χ3v) is 6.65. The van der Waals surface area contributed by atoms with Crippen LogP contribution in [0.4, 0.5) is 13.6 Å². The molecular formula is C20H22Cl2F2N2O3. The highest BCUT2D eigenvalue weighted by Gasteiger charge is 2.57. The molecule has 1 aromatic rings. The van der Waals surface area contributed by atoms with E-state index in [0.29, 0.717) is 0 Å². The van der Waals surface area contributed by atoms with Crippen molar-refractivity contribution in [3.63, 3.8) is 0 Å². The highest BCUT2D eigenvalue weighted by atomic mass is 35.5. The van der Waals surface area contributed by atoms with Crippen LogP contribution in [0, 0.1) is 23.0 Å². The van der Waals surface area contributed by atoms with Gasteiger partial charge in [-0.25, -0.2) is 13.6 Å². The third-order valence-electron chi connectivity index (χ3n) is 5.88. The minimum atomic E-state index is -0.997. The minimum absolute atomic E-state index is 0.0946. The lowest BCUT2D eigenvalue weighted by Gasteiger charge is -2.41. The summed E-state index contributed by atoms with van der Waals surface area (Å²) in [5.74, 6) is -3.19. The van der Waals surface area contributed by atoms with Crippen LogP contribution >= 0.6 is 23.2 Å². The van der Waals surface area contributed by atoms with Gasteiger partial charge in [0.15, 0.2) is 0 Å². The maximum absolute atomic E-state index is 14.7. The van der Waals surface area contributed by atoms with Crippen molar-refractivity contribution in [1.82, 2.24) is 10.6 Å². The van der Waals surface area contributed by atoms with Crippen molar-refractivity contribution in [2.45, 2.75) is 57.9 Å². The Kier molecular flexibility index (Phi) is 5.69. The molecule has 0 radical (unpaired) electrons. The zero-order valence-electron chi connectivity index (χ0n) is 16.3. The quantitative estimate of drug-likeness (QED) is 0.389. The summed E-state index contributed by atoms with van der Waals surface area (Å²) >= 11 is 11.6. The summed E-state index contributed by atoms with van der Waals surface area (Å²) in [6.07, 6.45) is 0.783. The van der Waals surface area contributed by atoms with Gasteiger partial charge in [-0.3, -0.25) is 14.9 Å². The number of urea groups is 1. The molecule has 29 heavy (non-hydrogen) atoms. The zero-order chi connectivity index (χ0) is 21.7. The van der Waals surface area contributed by atoms with Gasteiger partial charge in [0.25, 0.3) is 5.91 Å². The summed E-state index contributed by atoms with van der Waals surface area (Å²) < 4.78 is 29.3. The fraction of sp³-hybridized carbons (Fsp3) is 0.550. The van der Waals surface area contributed by atoms with Crippen LogP contribution in [0.25, 0.3) is 0 Å². The van der Waals surface area contributed by atoms with Gasteiger partial charge in [0.2, 0.25) is 0 Å². The molecule has 2 N–H and O–H groups in total. The smallest absolute Gasteiger partial charge is 0.322 e. The van der Waals surface area contributed by atoms with Gasteiger partial charge in [-0.2, -0.15) is 0 Å². The maximum Gasteiger partial charge on any atom is 0.322 e. The van der Waals surface area contributed by atoms with E-state index in [9.17, 15) is 23.2 Å². The molecule has 1 aliphatic carbocycles. The SMILES string of the molecule is CC(C)(C)[C@H](CCC(=O)C1CC2(C1)NC(=O)NC2=O)c1c(F)cc(Cl)c(Cl)c1F. The molecule has 1 saturated heterocycles. The second-order valence-corrected chi connectivity index (χ2v) is 9.69. The van der Waals surface area contributed by atoms with Crippen molar-refractivity contribution in [3.05, 3.63) is 33.3 Å². The lowest BCUT2D eigenvalue weighted by molar-refractivity contribution is -0.135. The number of carbonyl (C=O) groups is 3. The summed E-state index contributed by atoms with van der Waals surface area (Å²) in [6, 6.07) is 0.430. The van der Waals surface area contributed by atoms with Gasteiger partial charge in [0.05, 0.1) is 10.0 Å². The standard InChI is InChI=1S/C20H22Cl2F2N2O3/c1-19(2,3)10(14-12(23)6-11(21)15(22)16(14)24)4-5-13(27)9-7-20(8-9)17(28)25-18(29)26-20/h6,9-10H,4-5,7-8H2,1-3H3,(H2,25,26,28,29)/t9?,10-,20?/m1/s1. The Labute approximate surface area is 177 Å². The Hall–Kier alpha value is -1.73. The summed E-state index contributed by atoms with van der Waals surface area (Å²) in [6.45, 7) is 5.50. The molecule has 0 bridgehead atoms. The Bertz CT molecular complexity index is 893. The summed E-state index contributed by atoms with van der Waals surface area (Å²) in [7, 11) is 0. The number of hydrogen-bond donors (Lipinski definition) is 2. The molecule has 0 aromatic heterocycles. The third kappa shape index (κ3) is 3.99. The van der Waals surface area contributed by atoms with E-state index in [2.05, 4.69) is 10.6 Å². The van der Waals surface area contributed by atoms with Gasteiger partial charge in [-0.15, -0.1) is 0 Å². The highest BCUT2D eigenvalue weighted by Crippen LogP contribution is 2.45. The molecule has 1 atom stereocenters. The van der Waals surface area contributed by atoms with Crippen LogP contribution in [-0.4, -0.2) is 23.3 Å². The topological polar surface area (TPSA) is 75.3 Å². The molecule has 3 amide bonds. The average molecular weight is 447 g/mol. The molecule has 1 aliphatic heterocycles. The molecule has 1 heterocycles. The van der Waals surface area contributed by atoms with Crippen LogP contribution in [0.3, 0.4) is 0 Å². The van der Waals surface area contributed by atoms with Crippen molar-refractivity contribution in [2.24, 2.45) is 11.3 Å².